The molecule has 1 saturated heterocycles. The van der Waals surface area contributed by atoms with Gasteiger partial charge in [0.05, 0.1) is 17.5 Å². The molecule has 0 saturated carbocycles. The number of hydrogen-bond acceptors (Lipinski definition) is 4. The Morgan fingerprint density at radius 2 is 1.75 bits per heavy atom. The molecule has 2 aliphatic heterocycles. The van der Waals surface area contributed by atoms with Crippen molar-refractivity contribution < 1.29 is 14.5 Å². The zero-order valence-corrected chi connectivity index (χ0v) is 19.5. The highest BCUT2D eigenvalue weighted by atomic mass is 16.6. The molecule has 8 heteroatoms. The Kier molecular flexibility index (Phi) is 5.29. The summed E-state index contributed by atoms with van der Waals surface area (Å²) in [5.74, 6) is -0.245. The van der Waals surface area contributed by atoms with E-state index in [0.29, 0.717) is 24.9 Å². The van der Waals surface area contributed by atoms with E-state index in [1.807, 2.05) is 54.6 Å². The first-order chi connectivity index (χ1) is 17.5. The zero-order valence-electron chi connectivity index (χ0n) is 19.5. The number of H-pyrrole nitrogens is 1. The molecule has 1 unspecified atom stereocenters. The van der Waals surface area contributed by atoms with Gasteiger partial charge in [0.25, 0.3) is 5.69 Å². The molecule has 6 rings (SSSR count). The number of non-ortho nitro benzene ring substituents is 1. The van der Waals surface area contributed by atoms with Crippen molar-refractivity contribution in [3.05, 3.63) is 111 Å². The Hall–Kier alpha value is -4.46. The Balaban J connectivity index is 1.42. The highest BCUT2D eigenvalue weighted by Gasteiger charge is 2.48. The average molecular weight is 481 g/mol. The molecule has 1 fully saturated rings. The van der Waals surface area contributed by atoms with Gasteiger partial charge in [-0.25, -0.2) is 0 Å². The summed E-state index contributed by atoms with van der Waals surface area (Å²) in [5, 5.41) is 12.5. The van der Waals surface area contributed by atoms with Crippen LogP contribution in [0.5, 0.6) is 0 Å². The molecule has 0 bridgehead atoms. The number of amides is 2. The maximum atomic E-state index is 13.8. The third-order valence-electron chi connectivity index (χ3n) is 7.25. The summed E-state index contributed by atoms with van der Waals surface area (Å²) in [6, 6.07) is 22.8. The first-order valence-electron chi connectivity index (χ1n) is 12.0. The second-order valence-electron chi connectivity index (χ2n) is 9.33. The Morgan fingerprint density at radius 1 is 0.972 bits per heavy atom. The van der Waals surface area contributed by atoms with E-state index < -0.39 is 17.0 Å². The summed E-state index contributed by atoms with van der Waals surface area (Å²) in [7, 11) is 0. The van der Waals surface area contributed by atoms with E-state index in [-0.39, 0.29) is 24.0 Å². The van der Waals surface area contributed by atoms with Gasteiger partial charge in [-0.1, -0.05) is 60.7 Å². The zero-order chi connectivity index (χ0) is 24.8. The fourth-order valence-electron chi connectivity index (χ4n) is 5.58. The fraction of sp³-hybridized carbons (Fsp3) is 0.214. The van der Waals surface area contributed by atoms with Crippen LogP contribution in [0.25, 0.3) is 10.9 Å². The van der Waals surface area contributed by atoms with Crippen molar-refractivity contribution in [2.45, 2.75) is 24.9 Å². The lowest BCUT2D eigenvalue weighted by atomic mass is 9.86. The van der Waals surface area contributed by atoms with Crippen LogP contribution in [0, 0.1) is 10.1 Å². The van der Waals surface area contributed by atoms with Crippen molar-refractivity contribution in [1.29, 1.82) is 0 Å². The summed E-state index contributed by atoms with van der Waals surface area (Å²) >= 11 is 0. The minimum Gasteiger partial charge on any atom is -0.356 e. The summed E-state index contributed by atoms with van der Waals surface area (Å²) in [4.78, 5) is 45.2. The monoisotopic (exact) mass is 480 g/mol. The number of carbonyl (C=O) groups is 2. The Morgan fingerprint density at radius 3 is 2.56 bits per heavy atom. The lowest BCUT2D eigenvalue weighted by Gasteiger charge is -2.47. The van der Waals surface area contributed by atoms with E-state index >= 15 is 0 Å². The number of nitro benzene ring substituents is 1. The Bertz CT molecular complexity index is 1500. The number of rotatable bonds is 5. The van der Waals surface area contributed by atoms with Crippen molar-refractivity contribution in [3.63, 3.8) is 0 Å². The van der Waals surface area contributed by atoms with Crippen LogP contribution in [-0.4, -0.2) is 50.7 Å². The highest BCUT2D eigenvalue weighted by molar-refractivity contribution is 5.97. The van der Waals surface area contributed by atoms with Crippen LogP contribution >= 0.6 is 0 Å². The molecule has 2 atom stereocenters. The molecule has 36 heavy (non-hydrogen) atoms. The van der Waals surface area contributed by atoms with Gasteiger partial charge in [-0.05, 0) is 29.2 Å². The second-order valence-corrected chi connectivity index (χ2v) is 9.33. The van der Waals surface area contributed by atoms with Crippen LogP contribution in [0.1, 0.15) is 28.4 Å². The van der Waals surface area contributed by atoms with Crippen molar-refractivity contribution in [2.24, 2.45) is 0 Å². The molecule has 8 nitrogen and oxygen atoms in total. The van der Waals surface area contributed by atoms with E-state index in [9.17, 15) is 19.7 Å². The number of aromatic amines is 1. The first-order valence-corrected chi connectivity index (χ1v) is 12.0. The molecule has 2 amide bonds. The largest absolute Gasteiger partial charge is 0.356 e. The molecule has 1 N–H and O–H groups in total. The molecule has 0 radical (unpaired) electrons. The number of benzene rings is 3. The molecule has 2 aliphatic rings. The van der Waals surface area contributed by atoms with Crippen LogP contribution in [0.15, 0.2) is 78.9 Å². The molecule has 3 heterocycles. The van der Waals surface area contributed by atoms with Gasteiger partial charge >= 0.3 is 0 Å². The Labute approximate surface area is 207 Å². The topological polar surface area (TPSA) is 99.5 Å². The van der Waals surface area contributed by atoms with Gasteiger partial charge in [-0.2, -0.15) is 0 Å². The van der Waals surface area contributed by atoms with Gasteiger partial charge in [0.1, 0.15) is 6.04 Å². The smallest absolute Gasteiger partial charge is 0.269 e. The van der Waals surface area contributed by atoms with Crippen LogP contribution in [-0.2, 0) is 22.4 Å². The summed E-state index contributed by atoms with van der Waals surface area (Å²) in [5.41, 5.74) is 4.38. The van der Waals surface area contributed by atoms with E-state index in [2.05, 4.69) is 4.98 Å². The van der Waals surface area contributed by atoms with Gasteiger partial charge in [0, 0.05) is 41.7 Å². The number of fused-ring (bicyclic) bond motifs is 4. The maximum absolute atomic E-state index is 13.8. The summed E-state index contributed by atoms with van der Waals surface area (Å²) in [6.45, 7) is 0.449. The lowest BCUT2D eigenvalue weighted by Crippen LogP contribution is -2.63. The molecule has 3 aromatic carbocycles. The van der Waals surface area contributed by atoms with E-state index in [4.69, 9.17) is 0 Å². The molecule has 4 aromatic rings. The average Bonchev–Trinajstić information content (AvgIpc) is 3.28. The number of nitrogens with one attached hydrogen (secondary N) is 1. The number of aromatic nitrogens is 1. The highest BCUT2D eigenvalue weighted by Crippen LogP contribution is 2.43. The maximum Gasteiger partial charge on any atom is 0.269 e. The normalized spacial score (nSPS) is 19.3. The minimum absolute atomic E-state index is 0.0108. The van der Waals surface area contributed by atoms with Crippen molar-refractivity contribution >= 4 is 28.4 Å². The lowest BCUT2D eigenvalue weighted by molar-refractivity contribution is -0.384. The van der Waals surface area contributed by atoms with Crippen molar-refractivity contribution in [1.82, 2.24) is 14.8 Å². The summed E-state index contributed by atoms with van der Waals surface area (Å²) in [6.07, 6.45) is 1.07. The van der Waals surface area contributed by atoms with Gasteiger partial charge in [-0.3, -0.25) is 19.7 Å². The minimum atomic E-state index is -0.669. The summed E-state index contributed by atoms with van der Waals surface area (Å²) < 4.78 is 0. The van der Waals surface area contributed by atoms with Crippen LogP contribution < -0.4 is 0 Å². The van der Waals surface area contributed by atoms with E-state index in [0.717, 1.165) is 27.7 Å². The second kappa shape index (κ2) is 8.64. The van der Waals surface area contributed by atoms with Crippen molar-refractivity contribution in [2.75, 3.05) is 13.1 Å². The molecule has 180 valence electrons. The van der Waals surface area contributed by atoms with Crippen LogP contribution in [0.2, 0.25) is 0 Å². The first kappa shape index (κ1) is 22.0. The molecular formula is C28H24N4O4. The number of para-hydroxylation sites is 1. The SMILES string of the molecule is O=C1[C@H]2Cc3c([nH]c4ccccc34)C(c3cccc([N+](=O)[O-])c3)N2C(=O)CN1CCc1ccccc1. The van der Waals surface area contributed by atoms with Gasteiger partial charge < -0.3 is 14.8 Å². The molecular weight excluding hydrogens is 456 g/mol. The predicted molar refractivity (Wildman–Crippen MR) is 134 cm³/mol. The molecule has 0 aliphatic carbocycles. The van der Waals surface area contributed by atoms with Gasteiger partial charge in [0.15, 0.2) is 0 Å². The van der Waals surface area contributed by atoms with Crippen LogP contribution in [0.3, 0.4) is 0 Å². The number of nitro groups is 1. The van der Waals surface area contributed by atoms with Crippen LogP contribution in [0.4, 0.5) is 5.69 Å². The number of nitrogens with zero attached hydrogens (tertiary/aromatic N) is 3. The third kappa shape index (κ3) is 3.62. The molecule has 0 spiro atoms. The van der Waals surface area contributed by atoms with E-state index in [1.165, 1.54) is 12.1 Å². The molecule has 1 aromatic heterocycles. The number of hydrogen-bond donors (Lipinski definition) is 1. The number of carbonyl (C=O) groups excluding carboxylic acids is 2. The quantitative estimate of drug-likeness (QED) is 0.345. The third-order valence-corrected chi connectivity index (χ3v) is 7.25. The standard InChI is InChI=1S/C28H24N4O4/c33-25-17-30(14-13-18-7-2-1-3-8-18)28(34)24-16-22-21-11-4-5-12-23(21)29-26(22)27(31(24)25)19-9-6-10-20(15-19)32(35)36/h1-12,15,24,27,29H,13-14,16-17H2/t24-,27?/m1/s1. The van der Waals surface area contributed by atoms with Gasteiger partial charge in [0.2, 0.25) is 11.8 Å². The van der Waals surface area contributed by atoms with Crippen molar-refractivity contribution in [3.8, 4) is 0 Å². The van der Waals surface area contributed by atoms with Gasteiger partial charge in [-0.15, -0.1) is 0 Å². The fourth-order valence-corrected chi connectivity index (χ4v) is 5.58. The number of piperazine rings is 1. The van der Waals surface area contributed by atoms with E-state index in [1.54, 1.807) is 21.9 Å². The predicted octanol–water partition coefficient (Wildman–Crippen LogP) is 4.00.